The van der Waals surface area contributed by atoms with E-state index < -0.39 is 5.69 Å². The Morgan fingerprint density at radius 2 is 1.81 bits per heavy atom. The van der Waals surface area contributed by atoms with Crippen LogP contribution in [0, 0.1) is 0 Å². The molecule has 0 aliphatic rings. The molecule has 0 unspecified atom stereocenters. The minimum Gasteiger partial charge on any atom is -0.264 e. The summed E-state index contributed by atoms with van der Waals surface area (Å²) >= 11 is 6.21. The third kappa shape index (κ3) is 2.08. The Hall–Kier alpha value is -2.34. The second kappa shape index (κ2) is 4.89. The summed E-state index contributed by atoms with van der Waals surface area (Å²) < 4.78 is 4.13. The molecule has 0 saturated carbocycles. The summed E-state index contributed by atoms with van der Waals surface area (Å²) in [5.74, 6) is 0. The largest absolute Gasteiger partial charge is 0.355 e. The van der Waals surface area contributed by atoms with Crippen LogP contribution in [0.1, 0.15) is 5.56 Å². The van der Waals surface area contributed by atoms with Gasteiger partial charge in [-0.3, -0.25) is 13.9 Å². The summed E-state index contributed by atoms with van der Waals surface area (Å²) in [5, 5.41) is 0.312. The van der Waals surface area contributed by atoms with Crippen molar-refractivity contribution in [2.75, 3.05) is 0 Å². The lowest BCUT2D eigenvalue weighted by Crippen LogP contribution is -2.44. The molecule has 3 aromatic rings. The monoisotopic (exact) mass is 305 g/mol. The molecule has 6 nitrogen and oxygen atoms in total. The van der Waals surface area contributed by atoms with E-state index in [0.717, 1.165) is 10.1 Å². The molecular weight excluding hydrogens is 292 g/mol. The highest BCUT2D eigenvalue weighted by atomic mass is 35.5. The van der Waals surface area contributed by atoms with Crippen molar-refractivity contribution in [3.8, 4) is 0 Å². The Labute approximate surface area is 124 Å². The summed E-state index contributed by atoms with van der Waals surface area (Å²) in [6.45, 7) is 0.452. The first-order chi connectivity index (χ1) is 10.0. The van der Waals surface area contributed by atoms with E-state index in [4.69, 9.17) is 11.6 Å². The molecule has 21 heavy (non-hydrogen) atoms. The zero-order valence-corrected chi connectivity index (χ0v) is 12.4. The van der Waals surface area contributed by atoms with Crippen LogP contribution in [0.5, 0.6) is 0 Å². The molecule has 1 N–H and O–H groups in total. The maximum atomic E-state index is 12.4. The Morgan fingerprint density at radius 3 is 2.48 bits per heavy atom. The number of aromatic amines is 1. The van der Waals surface area contributed by atoms with Crippen molar-refractivity contribution in [3.05, 3.63) is 62.0 Å². The number of rotatable bonds is 2. The van der Waals surface area contributed by atoms with E-state index in [9.17, 15) is 9.59 Å². The lowest BCUT2D eigenvalue weighted by molar-refractivity contribution is -0.660. The highest BCUT2D eigenvalue weighted by Crippen LogP contribution is 2.09. The molecular formula is C14H14ClN4O2+. The third-order valence-electron chi connectivity index (χ3n) is 3.55. The molecule has 0 bridgehead atoms. The lowest BCUT2D eigenvalue weighted by Gasteiger charge is -2.02. The SMILES string of the molecule is Cn1c(=O)c2c([nH]c(Cl)[n+]2Cc2ccccc2)n(C)c1=O. The standard InChI is InChI=1S/C14H13ClN4O2/c1-17-11-10(12(20)18(2)14(17)21)19(13(15)16-11)8-9-6-4-3-5-7-9/h3-7H,8H2,1-2H3/p+1. The van der Waals surface area contributed by atoms with Crippen LogP contribution in [-0.4, -0.2) is 14.1 Å². The van der Waals surface area contributed by atoms with Crippen molar-refractivity contribution in [2.45, 2.75) is 6.54 Å². The molecule has 0 atom stereocenters. The second-order valence-corrected chi connectivity index (χ2v) is 5.25. The Morgan fingerprint density at radius 1 is 1.14 bits per heavy atom. The van der Waals surface area contributed by atoms with Crippen molar-refractivity contribution in [1.82, 2.24) is 14.1 Å². The van der Waals surface area contributed by atoms with E-state index in [-0.39, 0.29) is 5.56 Å². The van der Waals surface area contributed by atoms with Gasteiger partial charge in [-0.2, -0.15) is 0 Å². The molecule has 1 aromatic carbocycles. The van der Waals surface area contributed by atoms with Crippen molar-refractivity contribution in [3.63, 3.8) is 0 Å². The number of benzene rings is 1. The molecule has 0 radical (unpaired) electrons. The van der Waals surface area contributed by atoms with Gasteiger partial charge in [0, 0.05) is 25.7 Å². The molecule has 0 aliphatic heterocycles. The molecule has 2 heterocycles. The van der Waals surface area contributed by atoms with E-state index in [1.807, 2.05) is 30.3 Å². The van der Waals surface area contributed by atoms with Gasteiger partial charge < -0.3 is 0 Å². The topological polar surface area (TPSA) is 63.7 Å². The summed E-state index contributed by atoms with van der Waals surface area (Å²) in [6.07, 6.45) is 0. The van der Waals surface area contributed by atoms with Crippen LogP contribution < -0.4 is 15.8 Å². The zero-order chi connectivity index (χ0) is 15.1. The minimum atomic E-state index is -0.391. The molecule has 7 heteroatoms. The molecule has 0 spiro atoms. The smallest absolute Gasteiger partial charge is 0.264 e. The quantitative estimate of drug-likeness (QED) is 0.555. The molecule has 2 aromatic heterocycles. The van der Waals surface area contributed by atoms with Gasteiger partial charge in [-0.05, 0) is 5.56 Å². The van der Waals surface area contributed by atoms with Gasteiger partial charge in [0.05, 0.1) is 0 Å². The van der Waals surface area contributed by atoms with Gasteiger partial charge in [0.25, 0.3) is 11.2 Å². The van der Waals surface area contributed by atoms with Gasteiger partial charge in [0.1, 0.15) is 6.54 Å². The fourth-order valence-corrected chi connectivity index (χ4v) is 2.62. The number of aromatic nitrogens is 4. The van der Waals surface area contributed by atoms with Crippen LogP contribution >= 0.6 is 11.6 Å². The van der Waals surface area contributed by atoms with Gasteiger partial charge in [-0.15, -0.1) is 0 Å². The fourth-order valence-electron chi connectivity index (χ4n) is 2.39. The lowest BCUT2D eigenvalue weighted by atomic mass is 10.2. The van der Waals surface area contributed by atoms with Crippen molar-refractivity contribution < 1.29 is 4.57 Å². The van der Waals surface area contributed by atoms with Crippen molar-refractivity contribution in [1.29, 1.82) is 0 Å². The second-order valence-electron chi connectivity index (χ2n) is 4.89. The predicted octanol–water partition coefficient (Wildman–Crippen LogP) is 0.554. The van der Waals surface area contributed by atoms with E-state index in [1.54, 1.807) is 11.6 Å². The summed E-state index contributed by atoms with van der Waals surface area (Å²) in [5.41, 5.74) is 1.06. The summed E-state index contributed by atoms with van der Waals surface area (Å²) in [6, 6.07) is 9.68. The Balaban J connectivity index is 2.32. The average molecular weight is 306 g/mol. The molecule has 0 amide bonds. The fraction of sp³-hybridized carbons (Fsp3) is 0.214. The van der Waals surface area contributed by atoms with Crippen LogP contribution in [0.25, 0.3) is 11.2 Å². The predicted molar refractivity (Wildman–Crippen MR) is 79.5 cm³/mol. The van der Waals surface area contributed by atoms with Crippen LogP contribution in [0.15, 0.2) is 39.9 Å². The van der Waals surface area contributed by atoms with Gasteiger partial charge in [-0.25, -0.2) is 14.3 Å². The van der Waals surface area contributed by atoms with Gasteiger partial charge >= 0.3 is 16.5 Å². The number of H-pyrrole nitrogens is 1. The zero-order valence-electron chi connectivity index (χ0n) is 11.6. The molecule has 0 saturated heterocycles. The number of nitrogens with one attached hydrogen (secondary N) is 1. The highest BCUT2D eigenvalue weighted by molar-refractivity contribution is 6.27. The number of hydrogen-bond acceptors (Lipinski definition) is 2. The Bertz CT molecular complexity index is 937. The Kier molecular flexibility index (Phi) is 3.17. The van der Waals surface area contributed by atoms with E-state index in [1.165, 1.54) is 11.6 Å². The maximum absolute atomic E-state index is 12.4. The van der Waals surface area contributed by atoms with E-state index >= 15 is 0 Å². The summed E-state index contributed by atoms with van der Waals surface area (Å²) in [7, 11) is 3.06. The van der Waals surface area contributed by atoms with Crippen molar-refractivity contribution in [2.24, 2.45) is 14.1 Å². The van der Waals surface area contributed by atoms with Gasteiger partial charge in [-0.1, -0.05) is 30.3 Å². The number of aryl methyl sites for hydroxylation is 1. The van der Waals surface area contributed by atoms with Crippen LogP contribution in [0.4, 0.5) is 0 Å². The normalized spacial score (nSPS) is 11.2. The number of halogens is 1. The van der Waals surface area contributed by atoms with Crippen molar-refractivity contribution >= 4 is 22.8 Å². The van der Waals surface area contributed by atoms with Crippen LogP contribution in [0.2, 0.25) is 5.28 Å². The maximum Gasteiger partial charge on any atom is 0.355 e. The first kappa shape index (κ1) is 13.6. The number of imidazole rings is 1. The van der Waals surface area contributed by atoms with Gasteiger partial charge in [0.2, 0.25) is 0 Å². The van der Waals surface area contributed by atoms with Gasteiger partial charge in [0.15, 0.2) is 0 Å². The molecule has 108 valence electrons. The molecule has 3 rings (SSSR count). The first-order valence-electron chi connectivity index (χ1n) is 6.41. The average Bonchev–Trinajstić information content (AvgIpc) is 2.81. The first-order valence-corrected chi connectivity index (χ1v) is 6.79. The highest BCUT2D eigenvalue weighted by Gasteiger charge is 2.24. The molecule has 0 fully saturated rings. The number of fused-ring (bicyclic) bond motifs is 1. The minimum absolute atomic E-state index is 0.312. The number of hydrogen-bond donors (Lipinski definition) is 1. The number of nitrogens with zero attached hydrogens (tertiary/aromatic N) is 3. The van der Waals surface area contributed by atoms with Crippen LogP contribution in [-0.2, 0) is 20.6 Å². The molecule has 0 aliphatic carbocycles. The van der Waals surface area contributed by atoms with E-state index in [0.29, 0.717) is 23.0 Å². The van der Waals surface area contributed by atoms with Crippen LogP contribution in [0.3, 0.4) is 0 Å². The summed E-state index contributed by atoms with van der Waals surface area (Å²) in [4.78, 5) is 27.2. The third-order valence-corrected chi connectivity index (χ3v) is 3.85. The van der Waals surface area contributed by atoms with E-state index in [2.05, 4.69) is 4.98 Å².